The molecule has 6 heteroatoms. The lowest BCUT2D eigenvalue weighted by molar-refractivity contribution is 0.617. The Kier molecular flexibility index (Phi) is 13.5. The minimum absolute atomic E-state index is 0.271. The largest absolute Gasteiger partial charge is 0.208 e. The topological polar surface area (TPSA) is 77.3 Å². The van der Waals surface area contributed by atoms with Crippen LogP contribution in [0.15, 0.2) is 200 Å². The molecule has 0 atom stereocenters. The fourth-order valence-corrected chi connectivity index (χ4v) is 8.98. The number of aryl methyl sites for hydroxylation is 3. The predicted octanol–water partition coefficient (Wildman–Crippen LogP) is 15.9. The lowest BCUT2D eigenvalue weighted by Crippen LogP contribution is -2.21. The van der Waals surface area contributed by atoms with E-state index in [1.54, 1.807) is 6.08 Å². The number of nitrogens with zero attached hydrogens (tertiary/aromatic N) is 6. The van der Waals surface area contributed by atoms with Crippen molar-refractivity contribution in [3.05, 3.63) is 239 Å². The third-order valence-electron chi connectivity index (χ3n) is 13.7. The Morgan fingerprint density at radius 3 is 1.53 bits per heavy atom. The summed E-state index contributed by atoms with van der Waals surface area (Å²) in [5.41, 5.74) is 18.3. The van der Waals surface area contributed by atoms with Crippen LogP contribution < -0.4 is 0 Å². The molecule has 0 aliphatic heterocycles. The molecule has 344 valence electrons. The van der Waals surface area contributed by atoms with E-state index in [1.165, 1.54) is 16.7 Å². The van der Waals surface area contributed by atoms with Crippen molar-refractivity contribution < 1.29 is 0 Å². The molecule has 70 heavy (non-hydrogen) atoms. The highest BCUT2D eigenvalue weighted by molar-refractivity contribution is 5.80. The number of benzene rings is 6. The first-order chi connectivity index (χ1) is 33.9. The van der Waals surface area contributed by atoms with E-state index in [1.807, 2.05) is 49.4 Å². The molecule has 0 spiro atoms. The van der Waals surface area contributed by atoms with Crippen LogP contribution >= 0.6 is 0 Å². The summed E-state index contributed by atoms with van der Waals surface area (Å²) < 4.78 is 0. The van der Waals surface area contributed by atoms with Crippen molar-refractivity contribution in [1.82, 2.24) is 29.9 Å². The van der Waals surface area contributed by atoms with E-state index in [2.05, 4.69) is 189 Å². The summed E-state index contributed by atoms with van der Waals surface area (Å²) in [6, 6.07) is 48.8. The Balaban J connectivity index is 1.02. The van der Waals surface area contributed by atoms with Gasteiger partial charge in [-0.05, 0) is 110 Å². The normalized spacial score (nSPS) is 15.8. The van der Waals surface area contributed by atoms with Crippen LogP contribution in [-0.2, 0) is 11.8 Å². The van der Waals surface area contributed by atoms with Gasteiger partial charge in [-0.2, -0.15) is 0 Å². The second kappa shape index (κ2) is 20.2. The number of aromatic nitrogens is 6. The lowest BCUT2D eigenvalue weighted by atomic mass is 9.74. The molecule has 2 heterocycles. The summed E-state index contributed by atoms with van der Waals surface area (Å²) >= 11 is 0. The van der Waals surface area contributed by atoms with Gasteiger partial charge >= 0.3 is 0 Å². The van der Waals surface area contributed by atoms with E-state index in [9.17, 15) is 0 Å². The zero-order valence-corrected chi connectivity index (χ0v) is 41.4. The molecule has 0 radical (unpaired) electrons. The Bertz CT molecular complexity index is 3370. The Labute approximate surface area is 413 Å². The molecule has 6 aromatic carbocycles. The molecule has 9 rings (SSSR count). The molecular weight excluding hydrogens is 853 g/mol. The maximum atomic E-state index is 5.05. The lowest BCUT2D eigenvalue weighted by Gasteiger charge is -2.30. The third kappa shape index (κ3) is 9.72. The molecule has 1 aliphatic rings. The van der Waals surface area contributed by atoms with Crippen LogP contribution in [-0.4, -0.2) is 29.9 Å². The Hall–Kier alpha value is -8.22. The Morgan fingerprint density at radius 1 is 0.543 bits per heavy atom. The fraction of sp³-hybridized carbons (Fsp3) is 0.156. The molecule has 1 aliphatic carbocycles. The van der Waals surface area contributed by atoms with Crippen LogP contribution in [0.25, 0.3) is 79.2 Å². The number of rotatable bonds is 10. The second-order valence-corrected chi connectivity index (χ2v) is 18.6. The van der Waals surface area contributed by atoms with Crippen molar-refractivity contribution in [3.8, 4) is 68.1 Å². The van der Waals surface area contributed by atoms with Gasteiger partial charge in [0.1, 0.15) is 0 Å². The molecule has 0 unspecified atom stereocenters. The molecule has 6 nitrogen and oxygen atoms in total. The van der Waals surface area contributed by atoms with E-state index < -0.39 is 0 Å². The molecule has 0 N–H and O–H groups in total. The van der Waals surface area contributed by atoms with Gasteiger partial charge in [-0.1, -0.05) is 202 Å². The highest BCUT2D eigenvalue weighted by Crippen LogP contribution is 2.39. The van der Waals surface area contributed by atoms with Gasteiger partial charge in [0.2, 0.25) is 0 Å². The van der Waals surface area contributed by atoms with Crippen molar-refractivity contribution in [2.45, 2.75) is 67.2 Å². The van der Waals surface area contributed by atoms with Crippen LogP contribution in [0.2, 0.25) is 0 Å². The average Bonchev–Trinajstić information content (AvgIpc) is 3.38. The van der Waals surface area contributed by atoms with Crippen molar-refractivity contribution in [1.29, 1.82) is 0 Å². The van der Waals surface area contributed by atoms with Crippen LogP contribution in [0.3, 0.4) is 0 Å². The van der Waals surface area contributed by atoms with Gasteiger partial charge in [0.05, 0.1) is 0 Å². The van der Waals surface area contributed by atoms with E-state index >= 15 is 0 Å². The molecule has 0 bridgehead atoms. The number of allylic oxidation sites excluding steroid dienone is 11. The van der Waals surface area contributed by atoms with E-state index in [-0.39, 0.29) is 5.41 Å². The summed E-state index contributed by atoms with van der Waals surface area (Å²) in [7, 11) is 0. The summed E-state index contributed by atoms with van der Waals surface area (Å²) in [4.78, 5) is 30.2. The van der Waals surface area contributed by atoms with Crippen molar-refractivity contribution >= 4 is 11.1 Å². The standard InChI is InChI=1S/C64H58N6/c1-10-20-53(41(3)11-2)60-65-58(66-61(69-60)54-26-17-12-21-42(54)4)50-36-31-47(32-37-50)52-38-33-48-24-15-16-25-51(39-45(7)64(8,9)57(48)40-52)46-29-34-49(35-30-46)59-67-62(55-27-18-13-22-43(55)5)70-63(68-59)56-28-19-14-23-44(56)6/h10-23,25-40H,1,24H2,2-9H3/b16-15+,41-11-,45-39+,51-25+,53-20+. The maximum absolute atomic E-state index is 5.05. The first kappa shape index (κ1) is 46.9. The van der Waals surface area contributed by atoms with Gasteiger partial charge < -0.3 is 0 Å². The summed E-state index contributed by atoms with van der Waals surface area (Å²) in [6.07, 6.45) is 15.7. The van der Waals surface area contributed by atoms with Gasteiger partial charge in [-0.3, -0.25) is 0 Å². The smallest absolute Gasteiger partial charge is 0.164 e. The molecule has 0 saturated carbocycles. The number of hydrogen-bond acceptors (Lipinski definition) is 6. The molecule has 0 amide bonds. The zero-order valence-electron chi connectivity index (χ0n) is 41.4. The molecule has 2 aromatic heterocycles. The summed E-state index contributed by atoms with van der Waals surface area (Å²) in [6.45, 7) is 21.3. The molecule has 0 fully saturated rings. The van der Waals surface area contributed by atoms with Gasteiger partial charge in [0.15, 0.2) is 34.9 Å². The van der Waals surface area contributed by atoms with Crippen molar-refractivity contribution in [3.63, 3.8) is 0 Å². The van der Waals surface area contributed by atoms with E-state index in [0.717, 1.165) is 84.3 Å². The summed E-state index contributed by atoms with van der Waals surface area (Å²) in [5, 5.41) is 0. The van der Waals surface area contributed by atoms with E-state index in [4.69, 9.17) is 29.9 Å². The van der Waals surface area contributed by atoms with Gasteiger partial charge in [0.25, 0.3) is 0 Å². The number of hydrogen-bond donors (Lipinski definition) is 0. The van der Waals surface area contributed by atoms with E-state index in [0.29, 0.717) is 34.9 Å². The predicted molar refractivity (Wildman–Crippen MR) is 292 cm³/mol. The minimum atomic E-state index is -0.271. The first-order valence-electron chi connectivity index (χ1n) is 24.0. The van der Waals surface area contributed by atoms with Gasteiger partial charge in [-0.15, -0.1) is 0 Å². The van der Waals surface area contributed by atoms with Crippen LogP contribution in [0, 0.1) is 20.8 Å². The third-order valence-corrected chi connectivity index (χ3v) is 13.7. The van der Waals surface area contributed by atoms with Crippen LogP contribution in [0.1, 0.15) is 73.8 Å². The maximum Gasteiger partial charge on any atom is 0.164 e. The average molecular weight is 911 g/mol. The highest BCUT2D eigenvalue weighted by atomic mass is 15.0. The summed E-state index contributed by atoms with van der Waals surface area (Å²) in [5.74, 6) is 3.86. The van der Waals surface area contributed by atoms with Gasteiger partial charge in [0, 0.05) is 38.8 Å². The molecular formula is C64H58N6. The number of fused-ring (bicyclic) bond motifs is 1. The van der Waals surface area contributed by atoms with Gasteiger partial charge in [-0.25, -0.2) is 29.9 Å². The Morgan fingerprint density at radius 2 is 1.00 bits per heavy atom. The minimum Gasteiger partial charge on any atom is -0.208 e. The fourth-order valence-electron chi connectivity index (χ4n) is 8.98. The van der Waals surface area contributed by atoms with Crippen LogP contribution in [0.5, 0.6) is 0 Å². The zero-order chi connectivity index (χ0) is 48.9. The SMILES string of the molecule is C=C/C=C(\C(C)=C/C)c1nc(-c2ccc(-c3ccc4c(c3)C(C)(C)/C(C)=C/C(c3ccc(-c5nc(-c6ccccc6C)nc(-c6ccccc6C)n5)cc3)=C\C=C\C4)cc2)nc(-c2ccccc2C)n1. The van der Waals surface area contributed by atoms with Crippen LogP contribution in [0.4, 0.5) is 0 Å². The van der Waals surface area contributed by atoms with Crippen molar-refractivity contribution in [2.75, 3.05) is 0 Å². The molecule has 0 saturated heterocycles. The first-order valence-corrected chi connectivity index (χ1v) is 24.0. The second-order valence-electron chi connectivity index (χ2n) is 18.6. The highest BCUT2D eigenvalue weighted by Gasteiger charge is 2.27. The monoisotopic (exact) mass is 910 g/mol. The molecule has 8 aromatic rings. The quantitative estimate of drug-likeness (QED) is 0.127. The van der Waals surface area contributed by atoms with Crippen molar-refractivity contribution in [2.24, 2.45) is 0 Å².